The predicted octanol–water partition coefficient (Wildman–Crippen LogP) is 3.08. The fraction of sp³-hybridized carbons (Fsp3) is 0.316. The van der Waals surface area contributed by atoms with E-state index in [-0.39, 0.29) is 23.2 Å². The fourth-order valence-corrected chi connectivity index (χ4v) is 4.35. The summed E-state index contributed by atoms with van der Waals surface area (Å²) in [4.78, 5) is 13.8. The summed E-state index contributed by atoms with van der Waals surface area (Å²) in [6, 6.07) is 10.6. The molecular formula is C19H21FN2O3S. The molecule has 0 aromatic heterocycles. The lowest BCUT2D eigenvalue weighted by molar-refractivity contribution is -0.117. The monoisotopic (exact) mass is 376 g/mol. The molecule has 0 saturated carbocycles. The molecule has 1 saturated heterocycles. The quantitative estimate of drug-likeness (QED) is 0.806. The van der Waals surface area contributed by atoms with Crippen molar-refractivity contribution in [3.8, 4) is 0 Å². The van der Waals surface area contributed by atoms with Crippen molar-refractivity contribution < 1.29 is 17.6 Å². The Labute approximate surface area is 153 Å². The van der Waals surface area contributed by atoms with Crippen molar-refractivity contribution >= 4 is 21.6 Å². The number of aryl methyl sites for hydroxylation is 1. The van der Waals surface area contributed by atoms with Crippen LogP contribution in [0.15, 0.2) is 47.4 Å². The minimum absolute atomic E-state index is 0.0668. The van der Waals surface area contributed by atoms with Crippen LogP contribution in [0.4, 0.5) is 10.1 Å². The van der Waals surface area contributed by atoms with E-state index in [1.54, 1.807) is 36.1 Å². The molecule has 0 bridgehead atoms. The van der Waals surface area contributed by atoms with E-state index in [9.17, 15) is 17.6 Å². The van der Waals surface area contributed by atoms with Crippen LogP contribution in [0.3, 0.4) is 0 Å². The highest BCUT2D eigenvalue weighted by Crippen LogP contribution is 2.28. The van der Waals surface area contributed by atoms with E-state index < -0.39 is 10.0 Å². The SMILES string of the molecule is Cc1cc(S(=O)(=O)N(C)Cc2ccc(F)cc2)ccc1N1CCCC1=O. The van der Waals surface area contributed by atoms with Gasteiger partial charge in [0.1, 0.15) is 5.82 Å². The summed E-state index contributed by atoms with van der Waals surface area (Å²) in [6.07, 6.45) is 1.35. The molecule has 0 atom stereocenters. The number of halogens is 1. The van der Waals surface area contributed by atoms with Crippen molar-refractivity contribution in [2.45, 2.75) is 31.2 Å². The topological polar surface area (TPSA) is 57.7 Å². The molecule has 1 aliphatic rings. The van der Waals surface area contributed by atoms with E-state index in [0.717, 1.165) is 17.7 Å². The Hall–Kier alpha value is -2.25. The minimum Gasteiger partial charge on any atom is -0.312 e. The van der Waals surface area contributed by atoms with Crippen LogP contribution >= 0.6 is 0 Å². The van der Waals surface area contributed by atoms with Crippen LogP contribution in [0.2, 0.25) is 0 Å². The van der Waals surface area contributed by atoms with Crippen molar-refractivity contribution in [2.24, 2.45) is 0 Å². The third-order valence-electron chi connectivity index (χ3n) is 4.56. The summed E-state index contributed by atoms with van der Waals surface area (Å²) in [5.74, 6) is -0.293. The lowest BCUT2D eigenvalue weighted by Crippen LogP contribution is -2.27. The Balaban J connectivity index is 1.83. The number of hydrogen-bond acceptors (Lipinski definition) is 3. The third kappa shape index (κ3) is 3.64. The molecule has 1 fully saturated rings. The molecule has 1 heterocycles. The number of nitrogens with zero attached hydrogens (tertiary/aromatic N) is 2. The summed E-state index contributed by atoms with van der Waals surface area (Å²) >= 11 is 0. The van der Waals surface area contributed by atoms with Crippen molar-refractivity contribution in [3.05, 3.63) is 59.4 Å². The van der Waals surface area contributed by atoms with Crippen molar-refractivity contribution in [1.29, 1.82) is 0 Å². The van der Waals surface area contributed by atoms with Gasteiger partial charge in [-0.05, 0) is 54.8 Å². The zero-order valence-corrected chi connectivity index (χ0v) is 15.6. The molecule has 3 rings (SSSR count). The normalized spacial score (nSPS) is 15.1. The van der Waals surface area contributed by atoms with Crippen LogP contribution in [-0.2, 0) is 21.4 Å². The molecule has 2 aromatic carbocycles. The first-order valence-electron chi connectivity index (χ1n) is 8.41. The highest BCUT2D eigenvalue weighted by molar-refractivity contribution is 7.89. The van der Waals surface area contributed by atoms with Crippen LogP contribution in [0.1, 0.15) is 24.0 Å². The summed E-state index contributed by atoms with van der Waals surface area (Å²) < 4.78 is 39.9. The van der Waals surface area contributed by atoms with Gasteiger partial charge >= 0.3 is 0 Å². The zero-order chi connectivity index (χ0) is 18.9. The Morgan fingerprint density at radius 1 is 1.15 bits per heavy atom. The van der Waals surface area contributed by atoms with Gasteiger partial charge in [0.15, 0.2) is 0 Å². The number of carbonyl (C=O) groups excluding carboxylic acids is 1. The van der Waals surface area contributed by atoms with Gasteiger partial charge in [-0.25, -0.2) is 12.8 Å². The largest absolute Gasteiger partial charge is 0.312 e. The van der Waals surface area contributed by atoms with Gasteiger partial charge in [0.2, 0.25) is 15.9 Å². The van der Waals surface area contributed by atoms with Gasteiger partial charge in [0.25, 0.3) is 0 Å². The van der Waals surface area contributed by atoms with E-state index in [4.69, 9.17) is 0 Å². The van der Waals surface area contributed by atoms with Crippen LogP contribution in [-0.4, -0.2) is 32.2 Å². The molecule has 26 heavy (non-hydrogen) atoms. The summed E-state index contributed by atoms with van der Waals surface area (Å²) in [6.45, 7) is 2.62. The van der Waals surface area contributed by atoms with Gasteiger partial charge in [0.05, 0.1) is 4.90 Å². The van der Waals surface area contributed by atoms with Gasteiger partial charge in [-0.15, -0.1) is 0 Å². The minimum atomic E-state index is -3.69. The second-order valence-electron chi connectivity index (χ2n) is 6.48. The second-order valence-corrected chi connectivity index (χ2v) is 8.53. The molecule has 1 aliphatic heterocycles. The smallest absolute Gasteiger partial charge is 0.243 e. The molecule has 0 radical (unpaired) electrons. The Morgan fingerprint density at radius 3 is 2.42 bits per heavy atom. The summed E-state index contributed by atoms with van der Waals surface area (Å²) in [5.41, 5.74) is 2.21. The molecule has 1 amide bonds. The lowest BCUT2D eigenvalue weighted by Gasteiger charge is -2.21. The van der Waals surface area contributed by atoms with Crippen LogP contribution < -0.4 is 4.90 Å². The molecule has 0 unspecified atom stereocenters. The molecule has 0 spiro atoms. The Morgan fingerprint density at radius 2 is 1.85 bits per heavy atom. The highest BCUT2D eigenvalue weighted by atomic mass is 32.2. The van der Waals surface area contributed by atoms with Crippen molar-refractivity contribution in [3.63, 3.8) is 0 Å². The molecule has 7 heteroatoms. The lowest BCUT2D eigenvalue weighted by atomic mass is 10.2. The third-order valence-corrected chi connectivity index (χ3v) is 6.36. The van der Waals surface area contributed by atoms with E-state index >= 15 is 0 Å². The van der Waals surface area contributed by atoms with E-state index in [0.29, 0.717) is 18.5 Å². The van der Waals surface area contributed by atoms with Crippen molar-refractivity contribution in [2.75, 3.05) is 18.5 Å². The maximum absolute atomic E-state index is 13.0. The van der Waals surface area contributed by atoms with Gasteiger partial charge < -0.3 is 4.90 Å². The Kier molecular flexibility index (Phi) is 5.11. The Bertz CT molecular complexity index is 926. The number of rotatable bonds is 5. The van der Waals surface area contributed by atoms with Gasteiger partial charge in [-0.3, -0.25) is 4.79 Å². The molecular weight excluding hydrogens is 355 g/mol. The summed E-state index contributed by atoms with van der Waals surface area (Å²) in [7, 11) is -2.20. The van der Waals surface area contributed by atoms with Gasteiger partial charge in [-0.2, -0.15) is 4.31 Å². The van der Waals surface area contributed by atoms with Crippen LogP contribution in [0.5, 0.6) is 0 Å². The first kappa shape index (κ1) is 18.5. The van der Waals surface area contributed by atoms with Crippen LogP contribution in [0.25, 0.3) is 0 Å². The van der Waals surface area contributed by atoms with Gasteiger partial charge in [-0.1, -0.05) is 12.1 Å². The number of hydrogen-bond donors (Lipinski definition) is 0. The number of anilines is 1. The molecule has 138 valence electrons. The summed E-state index contributed by atoms with van der Waals surface area (Å²) in [5, 5.41) is 0. The maximum Gasteiger partial charge on any atom is 0.243 e. The molecule has 5 nitrogen and oxygen atoms in total. The number of amides is 1. The average Bonchev–Trinajstić information content (AvgIpc) is 3.02. The van der Waals surface area contributed by atoms with E-state index in [1.165, 1.54) is 29.6 Å². The maximum atomic E-state index is 13.0. The predicted molar refractivity (Wildman–Crippen MR) is 97.8 cm³/mol. The number of sulfonamides is 1. The fourth-order valence-electron chi connectivity index (χ4n) is 3.11. The van der Waals surface area contributed by atoms with E-state index in [2.05, 4.69) is 0 Å². The average molecular weight is 376 g/mol. The first-order valence-corrected chi connectivity index (χ1v) is 9.85. The van der Waals surface area contributed by atoms with Crippen LogP contribution in [0, 0.1) is 12.7 Å². The van der Waals surface area contributed by atoms with Gasteiger partial charge in [0, 0.05) is 32.2 Å². The zero-order valence-electron chi connectivity index (χ0n) is 14.8. The molecule has 0 aliphatic carbocycles. The number of benzene rings is 2. The molecule has 0 N–H and O–H groups in total. The first-order chi connectivity index (χ1) is 12.3. The van der Waals surface area contributed by atoms with Crippen molar-refractivity contribution in [1.82, 2.24) is 4.31 Å². The standard InChI is InChI=1S/C19H21FN2O3S/c1-14-12-17(9-10-18(14)22-11-3-4-19(22)23)26(24,25)21(2)13-15-5-7-16(20)8-6-15/h5-10,12H,3-4,11,13H2,1-2H3. The molecule has 2 aromatic rings. The second kappa shape index (κ2) is 7.17. The number of carbonyl (C=O) groups is 1. The van der Waals surface area contributed by atoms with E-state index in [1.807, 2.05) is 0 Å². The highest BCUT2D eigenvalue weighted by Gasteiger charge is 2.26.